The largest absolute Gasteiger partial charge is 0.354 e. The molecule has 2 aromatic rings. The summed E-state index contributed by atoms with van der Waals surface area (Å²) in [5, 5.41) is 7.07. The number of amides is 1. The third kappa shape index (κ3) is 5.15. The summed E-state index contributed by atoms with van der Waals surface area (Å²) >= 11 is 0. The first-order chi connectivity index (χ1) is 15.0. The van der Waals surface area contributed by atoms with Gasteiger partial charge in [0.25, 0.3) is 11.3 Å². The van der Waals surface area contributed by atoms with Gasteiger partial charge in [0.1, 0.15) is 17.8 Å². The number of fused-ring (bicyclic) bond motifs is 1. The van der Waals surface area contributed by atoms with Crippen molar-refractivity contribution in [1.82, 2.24) is 29.8 Å². The maximum atomic E-state index is 12.7. The van der Waals surface area contributed by atoms with Gasteiger partial charge >= 0.3 is 0 Å². The Kier molecular flexibility index (Phi) is 7.02. The quantitative estimate of drug-likeness (QED) is 0.664. The predicted molar refractivity (Wildman–Crippen MR) is 118 cm³/mol. The highest BCUT2D eigenvalue weighted by molar-refractivity contribution is 5.77. The van der Waals surface area contributed by atoms with E-state index in [4.69, 9.17) is 4.52 Å². The second kappa shape index (κ2) is 9.91. The molecule has 1 saturated carbocycles. The van der Waals surface area contributed by atoms with Gasteiger partial charge in [-0.2, -0.15) is 4.98 Å². The topological polar surface area (TPSA) is 96.5 Å². The summed E-state index contributed by atoms with van der Waals surface area (Å²) in [5.74, 6) is 0.266. The van der Waals surface area contributed by atoms with Crippen LogP contribution in [0.25, 0.3) is 11.1 Å². The van der Waals surface area contributed by atoms with Crippen molar-refractivity contribution in [2.45, 2.75) is 65.0 Å². The lowest BCUT2D eigenvalue weighted by Crippen LogP contribution is -2.51. The molecule has 1 N–H and O–H groups in total. The standard InChI is InChI=1S/C22H34N6O3/c1-16-20-21(31-25-16)24-17(2)28(22(20)30)15-19(29)23-9-6-10-26-11-13-27(14-12-26)18-7-4-3-5-8-18/h18H,3-15H2,1-2H3,(H,23,29). The highest BCUT2D eigenvalue weighted by atomic mass is 16.5. The van der Waals surface area contributed by atoms with Gasteiger partial charge in [0, 0.05) is 38.8 Å². The summed E-state index contributed by atoms with van der Waals surface area (Å²) in [6.07, 6.45) is 7.83. The molecule has 0 aromatic carbocycles. The fourth-order valence-electron chi connectivity index (χ4n) is 4.88. The number of nitrogens with one attached hydrogen (secondary N) is 1. The molecule has 9 nitrogen and oxygen atoms in total. The Bertz CT molecular complexity index is 954. The van der Waals surface area contributed by atoms with Gasteiger partial charge < -0.3 is 14.7 Å². The Morgan fingerprint density at radius 3 is 2.61 bits per heavy atom. The molecule has 0 atom stereocenters. The highest BCUT2D eigenvalue weighted by Gasteiger charge is 2.24. The summed E-state index contributed by atoms with van der Waals surface area (Å²) in [6, 6.07) is 0.803. The molecule has 0 radical (unpaired) electrons. The fraction of sp³-hybridized carbons (Fsp3) is 0.727. The van der Waals surface area contributed by atoms with Crippen molar-refractivity contribution in [2.24, 2.45) is 0 Å². The van der Waals surface area contributed by atoms with E-state index in [1.54, 1.807) is 13.8 Å². The minimum Gasteiger partial charge on any atom is -0.354 e. The number of rotatable bonds is 7. The monoisotopic (exact) mass is 430 g/mol. The van der Waals surface area contributed by atoms with Crippen molar-refractivity contribution in [3.05, 3.63) is 21.9 Å². The molecule has 4 rings (SSSR count). The van der Waals surface area contributed by atoms with Crippen LogP contribution >= 0.6 is 0 Å². The van der Waals surface area contributed by atoms with Crippen molar-refractivity contribution in [2.75, 3.05) is 39.3 Å². The Labute approximate surface area is 182 Å². The van der Waals surface area contributed by atoms with E-state index in [-0.39, 0.29) is 23.7 Å². The lowest BCUT2D eigenvalue weighted by Gasteiger charge is -2.40. The van der Waals surface area contributed by atoms with Crippen LogP contribution in [0.4, 0.5) is 0 Å². The van der Waals surface area contributed by atoms with Crippen LogP contribution in [-0.2, 0) is 11.3 Å². The van der Waals surface area contributed by atoms with Crippen LogP contribution in [0.15, 0.2) is 9.32 Å². The molecule has 31 heavy (non-hydrogen) atoms. The van der Waals surface area contributed by atoms with E-state index in [9.17, 15) is 9.59 Å². The van der Waals surface area contributed by atoms with Crippen LogP contribution in [-0.4, -0.2) is 75.7 Å². The Morgan fingerprint density at radius 1 is 1.13 bits per heavy atom. The Balaban J connectivity index is 1.19. The molecular formula is C22H34N6O3. The van der Waals surface area contributed by atoms with Crippen molar-refractivity contribution >= 4 is 17.0 Å². The maximum Gasteiger partial charge on any atom is 0.267 e. The van der Waals surface area contributed by atoms with Crippen molar-refractivity contribution in [1.29, 1.82) is 0 Å². The Morgan fingerprint density at radius 2 is 1.87 bits per heavy atom. The van der Waals surface area contributed by atoms with E-state index in [0.29, 0.717) is 23.4 Å². The number of hydrogen-bond acceptors (Lipinski definition) is 7. The number of aromatic nitrogens is 3. The number of aryl methyl sites for hydroxylation is 2. The molecule has 0 bridgehead atoms. The van der Waals surface area contributed by atoms with Gasteiger partial charge in [-0.15, -0.1) is 0 Å². The van der Waals surface area contributed by atoms with Crippen molar-refractivity contribution in [3.8, 4) is 0 Å². The maximum absolute atomic E-state index is 12.7. The SMILES string of the molecule is Cc1noc2nc(C)n(CC(=O)NCCCN3CCN(C4CCCCC4)CC3)c(=O)c12. The fourth-order valence-corrected chi connectivity index (χ4v) is 4.88. The highest BCUT2D eigenvalue weighted by Crippen LogP contribution is 2.23. The molecule has 170 valence electrons. The van der Waals surface area contributed by atoms with Crippen LogP contribution in [0.3, 0.4) is 0 Å². The van der Waals surface area contributed by atoms with Crippen LogP contribution in [0.5, 0.6) is 0 Å². The first-order valence-corrected chi connectivity index (χ1v) is 11.6. The predicted octanol–water partition coefficient (Wildman–Crippen LogP) is 1.46. The second-order valence-corrected chi connectivity index (χ2v) is 8.87. The molecule has 1 aliphatic heterocycles. The van der Waals surface area contributed by atoms with E-state index in [1.165, 1.54) is 36.7 Å². The minimum atomic E-state index is -0.285. The zero-order valence-electron chi connectivity index (χ0n) is 18.7. The minimum absolute atomic E-state index is 0.0434. The molecule has 3 heterocycles. The van der Waals surface area contributed by atoms with E-state index in [1.807, 2.05) is 0 Å². The third-order valence-corrected chi connectivity index (χ3v) is 6.73. The van der Waals surface area contributed by atoms with Crippen LogP contribution in [0.1, 0.15) is 50.0 Å². The van der Waals surface area contributed by atoms with Gasteiger partial charge in [0.05, 0.1) is 5.69 Å². The normalized spacial score (nSPS) is 19.2. The average molecular weight is 431 g/mol. The van der Waals surface area contributed by atoms with Gasteiger partial charge in [0.15, 0.2) is 0 Å². The van der Waals surface area contributed by atoms with E-state index in [2.05, 4.69) is 25.3 Å². The van der Waals surface area contributed by atoms with Crippen LogP contribution in [0, 0.1) is 13.8 Å². The van der Waals surface area contributed by atoms with Crippen LogP contribution < -0.4 is 10.9 Å². The lowest BCUT2D eigenvalue weighted by molar-refractivity contribution is -0.121. The summed E-state index contributed by atoms with van der Waals surface area (Å²) in [5.41, 5.74) is 0.428. The van der Waals surface area contributed by atoms with Gasteiger partial charge in [-0.3, -0.25) is 19.1 Å². The summed E-state index contributed by atoms with van der Waals surface area (Å²) in [7, 11) is 0. The number of piperazine rings is 1. The number of carbonyl (C=O) groups excluding carboxylic acids is 1. The lowest BCUT2D eigenvalue weighted by atomic mass is 9.94. The molecule has 1 saturated heterocycles. The van der Waals surface area contributed by atoms with E-state index in [0.717, 1.165) is 45.2 Å². The molecule has 0 spiro atoms. The van der Waals surface area contributed by atoms with Gasteiger partial charge in [-0.1, -0.05) is 24.4 Å². The molecule has 2 fully saturated rings. The molecular weight excluding hydrogens is 396 g/mol. The summed E-state index contributed by atoms with van der Waals surface area (Å²) < 4.78 is 6.45. The summed E-state index contributed by atoms with van der Waals surface area (Å²) in [6.45, 7) is 9.50. The third-order valence-electron chi connectivity index (χ3n) is 6.73. The number of nitrogens with zero attached hydrogens (tertiary/aromatic N) is 5. The molecule has 1 amide bonds. The zero-order valence-corrected chi connectivity index (χ0v) is 18.7. The average Bonchev–Trinajstić information content (AvgIpc) is 3.15. The van der Waals surface area contributed by atoms with Crippen molar-refractivity contribution < 1.29 is 9.32 Å². The molecule has 0 unspecified atom stereocenters. The van der Waals surface area contributed by atoms with Gasteiger partial charge in [0.2, 0.25) is 5.91 Å². The van der Waals surface area contributed by atoms with Crippen molar-refractivity contribution in [3.63, 3.8) is 0 Å². The molecule has 9 heteroatoms. The number of hydrogen-bond donors (Lipinski definition) is 1. The smallest absolute Gasteiger partial charge is 0.267 e. The number of carbonyl (C=O) groups is 1. The van der Waals surface area contributed by atoms with E-state index < -0.39 is 0 Å². The zero-order chi connectivity index (χ0) is 21.8. The Hall–Kier alpha value is -2.26. The molecule has 2 aliphatic rings. The second-order valence-electron chi connectivity index (χ2n) is 8.87. The summed E-state index contributed by atoms with van der Waals surface area (Å²) in [4.78, 5) is 34.5. The van der Waals surface area contributed by atoms with E-state index >= 15 is 0 Å². The molecule has 2 aromatic heterocycles. The van der Waals surface area contributed by atoms with Gasteiger partial charge in [-0.05, 0) is 39.7 Å². The first-order valence-electron chi connectivity index (χ1n) is 11.6. The first kappa shape index (κ1) is 22.0. The molecule has 1 aliphatic carbocycles. The van der Waals surface area contributed by atoms with Gasteiger partial charge in [-0.25, -0.2) is 0 Å². The van der Waals surface area contributed by atoms with Crippen LogP contribution in [0.2, 0.25) is 0 Å².